The Kier molecular flexibility index (Phi) is 9.16. The van der Waals surface area contributed by atoms with Crippen LogP contribution in [0.2, 0.25) is 0 Å². The van der Waals surface area contributed by atoms with E-state index in [2.05, 4.69) is 16.7 Å². The minimum atomic E-state index is -0.472. The highest BCUT2D eigenvalue weighted by molar-refractivity contribution is 5.88. The van der Waals surface area contributed by atoms with Crippen molar-refractivity contribution < 1.29 is 19.1 Å². The number of carbonyl (C=O) groups is 2. The molecule has 2 N–H and O–H groups in total. The van der Waals surface area contributed by atoms with E-state index in [1.54, 1.807) is 7.11 Å². The Balaban J connectivity index is 1.65. The first-order chi connectivity index (χ1) is 14.7. The highest BCUT2D eigenvalue weighted by Gasteiger charge is 2.16. The van der Waals surface area contributed by atoms with Crippen molar-refractivity contribution in [3.63, 3.8) is 0 Å². The van der Waals surface area contributed by atoms with Crippen molar-refractivity contribution in [3.8, 4) is 5.75 Å². The lowest BCUT2D eigenvalue weighted by Gasteiger charge is -2.19. The van der Waals surface area contributed by atoms with Crippen molar-refractivity contribution in [2.45, 2.75) is 64.9 Å². The number of rotatable bonds is 10. The lowest BCUT2D eigenvalue weighted by molar-refractivity contribution is -0.122. The molecule has 0 saturated carbocycles. The summed E-state index contributed by atoms with van der Waals surface area (Å²) in [6, 6.07) is 12.0. The van der Waals surface area contributed by atoms with Crippen LogP contribution in [-0.2, 0) is 9.53 Å². The van der Waals surface area contributed by atoms with Crippen LogP contribution in [0, 0.1) is 0 Å². The maximum atomic E-state index is 12.5. The normalized spacial score (nSPS) is 12.3. The van der Waals surface area contributed by atoms with E-state index in [1.807, 2.05) is 58.0 Å². The molecular formula is C25H36N2O4. The zero-order chi connectivity index (χ0) is 22.9. The molecule has 0 aliphatic heterocycles. The molecule has 0 bridgehead atoms. The molecule has 6 nitrogen and oxygen atoms in total. The Morgan fingerprint density at radius 3 is 2.16 bits per heavy atom. The fraction of sp³-hybridized carbons (Fsp3) is 0.520. The number of alkyl carbamates (subject to hydrolysis) is 1. The minimum Gasteiger partial charge on any atom is -0.497 e. The summed E-state index contributed by atoms with van der Waals surface area (Å²) in [7, 11) is 1.66. The molecule has 6 heteroatoms. The molecule has 2 amide bonds. The van der Waals surface area contributed by atoms with Crippen LogP contribution in [-0.4, -0.2) is 37.8 Å². The summed E-state index contributed by atoms with van der Waals surface area (Å²) < 4.78 is 10.5. The van der Waals surface area contributed by atoms with Gasteiger partial charge in [-0.1, -0.05) is 37.1 Å². The molecule has 2 rings (SSSR count). The molecule has 170 valence electrons. The SMILES string of the molecule is COc1ccc2cc([C@H](C)C(=O)NCCCCCCNC(=O)OC(C)(C)C)ccc2c1. The van der Waals surface area contributed by atoms with Gasteiger partial charge in [0, 0.05) is 13.1 Å². The number of carbonyl (C=O) groups excluding carboxylic acids is 2. The number of ether oxygens (including phenoxy) is 2. The number of methoxy groups -OCH3 is 1. The van der Waals surface area contributed by atoms with Gasteiger partial charge in [0.25, 0.3) is 0 Å². The van der Waals surface area contributed by atoms with Crippen molar-refractivity contribution in [2.75, 3.05) is 20.2 Å². The zero-order valence-electron chi connectivity index (χ0n) is 19.4. The molecular weight excluding hydrogens is 392 g/mol. The second-order valence-corrected chi connectivity index (χ2v) is 8.83. The molecule has 0 radical (unpaired) electrons. The van der Waals surface area contributed by atoms with Crippen molar-refractivity contribution >= 4 is 22.8 Å². The van der Waals surface area contributed by atoms with E-state index < -0.39 is 5.60 Å². The highest BCUT2D eigenvalue weighted by Crippen LogP contribution is 2.25. The summed E-state index contributed by atoms with van der Waals surface area (Å²) in [6.45, 7) is 8.74. The maximum absolute atomic E-state index is 12.5. The number of hydrogen-bond acceptors (Lipinski definition) is 4. The van der Waals surface area contributed by atoms with Crippen molar-refractivity contribution in [2.24, 2.45) is 0 Å². The Morgan fingerprint density at radius 2 is 1.52 bits per heavy atom. The van der Waals surface area contributed by atoms with E-state index in [1.165, 1.54) is 0 Å². The number of benzene rings is 2. The zero-order valence-corrected chi connectivity index (χ0v) is 19.4. The van der Waals surface area contributed by atoms with E-state index in [0.29, 0.717) is 13.1 Å². The number of amides is 2. The Hall–Kier alpha value is -2.76. The Bertz CT molecular complexity index is 873. The smallest absolute Gasteiger partial charge is 0.407 e. The van der Waals surface area contributed by atoms with Crippen molar-refractivity contribution in [1.29, 1.82) is 0 Å². The van der Waals surface area contributed by atoms with E-state index in [-0.39, 0.29) is 17.9 Å². The second kappa shape index (κ2) is 11.6. The summed E-state index contributed by atoms with van der Waals surface area (Å²) >= 11 is 0. The fourth-order valence-corrected chi connectivity index (χ4v) is 3.26. The fourth-order valence-electron chi connectivity index (χ4n) is 3.26. The average molecular weight is 429 g/mol. The minimum absolute atomic E-state index is 0.0412. The number of unbranched alkanes of at least 4 members (excludes halogenated alkanes) is 3. The van der Waals surface area contributed by atoms with E-state index >= 15 is 0 Å². The van der Waals surface area contributed by atoms with E-state index in [9.17, 15) is 9.59 Å². The van der Waals surface area contributed by atoms with Gasteiger partial charge in [-0.15, -0.1) is 0 Å². The summed E-state index contributed by atoms with van der Waals surface area (Å²) in [5, 5.41) is 7.99. The molecule has 0 unspecified atom stereocenters. The number of fused-ring (bicyclic) bond motifs is 1. The van der Waals surface area contributed by atoms with E-state index in [0.717, 1.165) is 47.8 Å². The topological polar surface area (TPSA) is 76.7 Å². The van der Waals surface area contributed by atoms with Gasteiger partial charge < -0.3 is 20.1 Å². The van der Waals surface area contributed by atoms with Gasteiger partial charge in [0.15, 0.2) is 0 Å². The summed E-state index contributed by atoms with van der Waals surface area (Å²) in [4.78, 5) is 24.1. The first-order valence-electron chi connectivity index (χ1n) is 11.0. The van der Waals surface area contributed by atoms with Crippen molar-refractivity contribution in [1.82, 2.24) is 10.6 Å². The van der Waals surface area contributed by atoms with Crippen LogP contribution in [0.1, 0.15) is 64.9 Å². The number of nitrogens with one attached hydrogen (secondary N) is 2. The summed E-state index contributed by atoms with van der Waals surface area (Å²) in [6.07, 6.45) is 3.44. The summed E-state index contributed by atoms with van der Waals surface area (Å²) in [5.74, 6) is 0.663. The highest BCUT2D eigenvalue weighted by atomic mass is 16.6. The van der Waals surface area contributed by atoms with Crippen LogP contribution in [0.15, 0.2) is 36.4 Å². The van der Waals surface area contributed by atoms with E-state index in [4.69, 9.17) is 9.47 Å². The predicted molar refractivity (Wildman–Crippen MR) is 125 cm³/mol. The third-order valence-electron chi connectivity index (χ3n) is 5.04. The molecule has 0 fully saturated rings. The van der Waals surface area contributed by atoms with Gasteiger partial charge in [-0.3, -0.25) is 4.79 Å². The maximum Gasteiger partial charge on any atom is 0.407 e. The van der Waals surface area contributed by atoms with Gasteiger partial charge in [0.1, 0.15) is 11.4 Å². The number of hydrogen-bond donors (Lipinski definition) is 2. The largest absolute Gasteiger partial charge is 0.497 e. The van der Waals surface area contributed by atoms with Gasteiger partial charge >= 0.3 is 6.09 Å². The van der Waals surface area contributed by atoms with Crippen LogP contribution in [0.3, 0.4) is 0 Å². The average Bonchev–Trinajstić information content (AvgIpc) is 2.72. The first-order valence-corrected chi connectivity index (χ1v) is 11.0. The molecule has 0 aliphatic rings. The van der Waals surface area contributed by atoms with Gasteiger partial charge in [0.2, 0.25) is 5.91 Å². The van der Waals surface area contributed by atoms with Crippen LogP contribution < -0.4 is 15.4 Å². The second-order valence-electron chi connectivity index (χ2n) is 8.83. The van der Waals surface area contributed by atoms with Gasteiger partial charge in [0.05, 0.1) is 13.0 Å². The molecule has 0 saturated heterocycles. The molecule has 0 heterocycles. The third kappa shape index (κ3) is 8.48. The molecule has 2 aromatic rings. The molecule has 0 aromatic heterocycles. The molecule has 31 heavy (non-hydrogen) atoms. The van der Waals surface area contributed by atoms with Gasteiger partial charge in [-0.2, -0.15) is 0 Å². The molecule has 1 atom stereocenters. The third-order valence-corrected chi connectivity index (χ3v) is 5.04. The Morgan fingerprint density at radius 1 is 0.903 bits per heavy atom. The van der Waals surface area contributed by atoms with Crippen LogP contribution in [0.25, 0.3) is 10.8 Å². The quantitative estimate of drug-likeness (QED) is 0.513. The lowest BCUT2D eigenvalue weighted by Crippen LogP contribution is -2.33. The molecule has 0 spiro atoms. The molecule has 0 aliphatic carbocycles. The first kappa shape index (κ1) is 24.5. The van der Waals surface area contributed by atoms with Crippen LogP contribution >= 0.6 is 0 Å². The van der Waals surface area contributed by atoms with Gasteiger partial charge in [-0.25, -0.2) is 4.79 Å². The van der Waals surface area contributed by atoms with Crippen LogP contribution in [0.4, 0.5) is 4.79 Å². The monoisotopic (exact) mass is 428 g/mol. The summed E-state index contributed by atoms with van der Waals surface area (Å²) in [5.41, 5.74) is 0.531. The predicted octanol–water partition coefficient (Wildman–Crippen LogP) is 5.15. The Labute approximate surface area is 185 Å². The molecule has 2 aromatic carbocycles. The lowest BCUT2D eigenvalue weighted by atomic mass is 9.97. The van der Waals surface area contributed by atoms with Crippen LogP contribution in [0.5, 0.6) is 5.75 Å². The van der Waals surface area contributed by atoms with Crippen molar-refractivity contribution in [3.05, 3.63) is 42.0 Å². The standard InChI is InChI=1S/C25H36N2O4/c1-18(19-10-11-21-17-22(30-5)13-12-20(21)16-19)23(28)26-14-8-6-7-9-15-27-24(29)31-25(2,3)4/h10-13,16-18H,6-9,14-15H2,1-5H3,(H,26,28)(H,27,29)/t18-/m0/s1. The van der Waals surface area contributed by atoms with Gasteiger partial charge in [-0.05, 0) is 69.0 Å².